The van der Waals surface area contributed by atoms with E-state index in [0.717, 1.165) is 25.5 Å². The molecule has 0 saturated carbocycles. The van der Waals surface area contributed by atoms with Crippen LogP contribution in [-0.4, -0.2) is 35.3 Å². The van der Waals surface area contributed by atoms with E-state index in [-0.39, 0.29) is 5.97 Å². The van der Waals surface area contributed by atoms with Crippen molar-refractivity contribution in [1.29, 1.82) is 0 Å². The molecule has 5 heteroatoms. The Kier molecular flexibility index (Phi) is 17.4. The maximum atomic E-state index is 10.5. The lowest BCUT2D eigenvalue weighted by Crippen LogP contribution is -1.98. The Bertz CT molecular complexity index is 119. The molecule has 0 N–H and O–H groups in total. The summed E-state index contributed by atoms with van der Waals surface area (Å²) in [5, 5.41) is 0. The molecule has 0 unspecified atom stereocenters. The van der Waals surface area contributed by atoms with E-state index in [0.29, 0.717) is 6.42 Å². The third-order valence-electron chi connectivity index (χ3n) is 1.58. The quantitative estimate of drug-likeness (QED) is 0.363. The van der Waals surface area contributed by atoms with Crippen molar-refractivity contribution in [3.8, 4) is 0 Å². The summed E-state index contributed by atoms with van der Waals surface area (Å²) in [6.07, 6.45) is 4.72. The first-order valence-electron chi connectivity index (χ1n) is 5.10. The van der Waals surface area contributed by atoms with E-state index in [2.05, 4.69) is 11.7 Å². The highest BCUT2D eigenvalue weighted by molar-refractivity contribution is 6.93. The van der Waals surface area contributed by atoms with Crippen LogP contribution >= 0.6 is 0 Å². The first-order valence-corrected chi connectivity index (χ1v) is 5.10. The third kappa shape index (κ3) is 17.7. The Hall–Kier alpha value is -0.335. The first kappa shape index (κ1) is 16.1. The van der Waals surface area contributed by atoms with Crippen molar-refractivity contribution in [2.45, 2.75) is 45.6 Å². The summed E-state index contributed by atoms with van der Waals surface area (Å²) >= 11 is 0. The summed E-state index contributed by atoms with van der Waals surface area (Å²) in [5.74, 6) is -0.0940. The molecule has 0 atom stereocenters. The van der Waals surface area contributed by atoms with Crippen LogP contribution in [0.15, 0.2) is 0 Å². The fourth-order valence-electron chi connectivity index (χ4n) is 0.757. The number of hydrogen-bond acceptors (Lipinski definition) is 2. The molecule has 14 heavy (non-hydrogen) atoms. The minimum atomic E-state index is -0.0940. The summed E-state index contributed by atoms with van der Waals surface area (Å²) in [4.78, 5) is 10.5. The van der Waals surface area contributed by atoms with Gasteiger partial charge in [-0.1, -0.05) is 26.6 Å². The number of ether oxygens (including phenoxy) is 1. The van der Waals surface area contributed by atoms with Crippen molar-refractivity contribution in [2.24, 2.45) is 0 Å². The molecule has 0 aliphatic rings. The van der Waals surface area contributed by atoms with Crippen LogP contribution in [0.2, 0.25) is 13.0 Å². The van der Waals surface area contributed by atoms with E-state index >= 15 is 0 Å². The monoisotopic (exact) mass is 192 g/mol. The fourth-order valence-corrected chi connectivity index (χ4v) is 0.757. The van der Waals surface area contributed by atoms with Gasteiger partial charge in [0, 0.05) is 21.3 Å². The topological polar surface area (TPSA) is 26.3 Å². The molecule has 0 aliphatic carbocycles. The van der Waals surface area contributed by atoms with Crippen LogP contribution in [-0.2, 0) is 9.53 Å². The number of esters is 1. The zero-order chi connectivity index (χ0) is 11.2. The Morgan fingerprint density at radius 3 is 2.36 bits per heavy atom. The zero-order valence-corrected chi connectivity index (χ0v) is 9.58. The Morgan fingerprint density at radius 1 is 1.43 bits per heavy atom. The van der Waals surface area contributed by atoms with Gasteiger partial charge in [-0.3, -0.25) is 4.79 Å². The summed E-state index contributed by atoms with van der Waals surface area (Å²) in [6.45, 7) is 4.08. The van der Waals surface area contributed by atoms with Gasteiger partial charge in [0.1, 0.15) is 0 Å². The highest BCUT2D eigenvalue weighted by Gasteiger charge is 1.96. The molecule has 0 spiro atoms. The Labute approximate surface area is 91.0 Å². The van der Waals surface area contributed by atoms with Gasteiger partial charge in [0.15, 0.2) is 0 Å². The summed E-state index contributed by atoms with van der Waals surface area (Å²) in [6, 6.07) is 0. The lowest BCUT2D eigenvalue weighted by molar-refractivity contribution is -0.140. The van der Waals surface area contributed by atoms with Crippen LogP contribution in [0.5, 0.6) is 0 Å². The van der Waals surface area contributed by atoms with Crippen molar-refractivity contribution in [3.63, 3.8) is 0 Å². The number of methoxy groups -OCH3 is 1. The number of carbonyl (C=O) groups is 1. The highest BCUT2D eigenvalue weighted by Crippen LogP contribution is 1.98. The van der Waals surface area contributed by atoms with Crippen LogP contribution in [0.1, 0.15) is 32.6 Å². The lowest BCUT2D eigenvalue weighted by Gasteiger charge is -1.95. The SMILES string of the molecule is CCCCCC(=O)OC.[B][B]C[B]C. The molecule has 76 valence electrons. The van der Waals surface area contributed by atoms with Gasteiger partial charge in [-0.15, -0.1) is 6.22 Å². The van der Waals surface area contributed by atoms with Gasteiger partial charge >= 0.3 is 5.97 Å². The van der Waals surface area contributed by atoms with E-state index in [4.69, 9.17) is 7.74 Å². The van der Waals surface area contributed by atoms with Gasteiger partial charge in [-0.05, 0) is 6.42 Å². The van der Waals surface area contributed by atoms with E-state index in [1.807, 2.05) is 14.1 Å². The molecule has 0 heterocycles. The van der Waals surface area contributed by atoms with Crippen LogP contribution in [0.3, 0.4) is 0 Å². The molecule has 0 bridgehead atoms. The minimum absolute atomic E-state index is 0.0940. The summed E-state index contributed by atoms with van der Waals surface area (Å²) < 4.78 is 4.46. The predicted octanol–water partition coefficient (Wildman–Crippen LogP) is 1.64. The average Bonchev–Trinajstić information content (AvgIpc) is 2.20. The largest absolute Gasteiger partial charge is 0.469 e. The maximum absolute atomic E-state index is 10.5. The van der Waals surface area contributed by atoms with Gasteiger partial charge in [-0.2, -0.15) is 0 Å². The molecular weight excluding hydrogens is 173 g/mol. The van der Waals surface area contributed by atoms with E-state index in [9.17, 15) is 4.79 Å². The molecule has 0 aromatic carbocycles. The van der Waals surface area contributed by atoms with Crippen molar-refractivity contribution in [2.75, 3.05) is 7.11 Å². The standard InChI is InChI=1S/C7H14O2.C2H5B3/c1-3-4-5-6-7(8)9-2;1-4-2-5-3/h3-6H2,1-2H3;2H2,1H3. The number of rotatable bonds is 6. The van der Waals surface area contributed by atoms with Gasteiger partial charge in [0.2, 0.25) is 0 Å². The van der Waals surface area contributed by atoms with Gasteiger partial charge < -0.3 is 4.74 Å². The summed E-state index contributed by atoms with van der Waals surface area (Å²) in [7, 11) is 10.0. The van der Waals surface area contributed by atoms with Crippen molar-refractivity contribution in [1.82, 2.24) is 0 Å². The van der Waals surface area contributed by atoms with Crippen molar-refractivity contribution < 1.29 is 9.53 Å². The predicted molar refractivity (Wildman–Crippen MR) is 64.1 cm³/mol. The van der Waals surface area contributed by atoms with Gasteiger partial charge in [-0.25, -0.2) is 0 Å². The lowest BCUT2D eigenvalue weighted by atomic mass is 9.44. The molecule has 2 nitrogen and oxygen atoms in total. The Morgan fingerprint density at radius 2 is 2.07 bits per heavy atom. The van der Waals surface area contributed by atoms with Crippen LogP contribution in [0.25, 0.3) is 0 Å². The van der Waals surface area contributed by atoms with Crippen LogP contribution in [0.4, 0.5) is 0 Å². The normalized spacial score (nSPS) is 8.21. The zero-order valence-electron chi connectivity index (χ0n) is 9.58. The molecule has 0 aromatic rings. The average molecular weight is 192 g/mol. The highest BCUT2D eigenvalue weighted by atomic mass is 16.5. The summed E-state index contributed by atoms with van der Waals surface area (Å²) in [5.41, 5.74) is 0. The molecule has 0 aromatic heterocycles. The number of unbranched alkanes of at least 4 members (excludes halogenated alkanes) is 2. The maximum Gasteiger partial charge on any atom is 0.305 e. The second kappa shape index (κ2) is 15.2. The smallest absolute Gasteiger partial charge is 0.305 e. The minimum Gasteiger partial charge on any atom is -0.469 e. The van der Waals surface area contributed by atoms with Crippen LogP contribution < -0.4 is 0 Å². The molecule has 0 saturated heterocycles. The van der Waals surface area contributed by atoms with E-state index in [1.54, 1.807) is 7.17 Å². The second-order valence-corrected chi connectivity index (χ2v) is 2.91. The molecule has 0 rings (SSSR count). The Balaban J connectivity index is 0. The van der Waals surface area contributed by atoms with E-state index < -0.39 is 0 Å². The van der Waals surface area contributed by atoms with E-state index in [1.165, 1.54) is 7.11 Å². The van der Waals surface area contributed by atoms with Crippen LogP contribution in [0, 0.1) is 0 Å². The van der Waals surface area contributed by atoms with Crippen molar-refractivity contribution in [3.05, 3.63) is 0 Å². The fraction of sp³-hybridized carbons (Fsp3) is 0.889. The molecule has 0 fully saturated rings. The molecule has 4 radical (unpaired) electrons. The molecule has 0 amide bonds. The molecule has 0 aliphatic heterocycles. The van der Waals surface area contributed by atoms with Gasteiger partial charge in [0.05, 0.1) is 14.4 Å². The molecular formula is C9H19B3O2. The second-order valence-electron chi connectivity index (χ2n) is 2.91. The first-order chi connectivity index (χ1) is 6.72. The van der Waals surface area contributed by atoms with Gasteiger partial charge in [0.25, 0.3) is 0 Å². The van der Waals surface area contributed by atoms with Crippen molar-refractivity contribution >= 4 is 28.2 Å². The number of hydrogen-bond donors (Lipinski definition) is 0. The number of carbonyl (C=O) groups excluding carboxylic acids is 1. The third-order valence-corrected chi connectivity index (χ3v) is 1.58.